The monoisotopic (exact) mass is 384 g/mol. The maximum atomic E-state index is 12.7. The molecule has 0 bridgehead atoms. The van der Waals surface area contributed by atoms with E-state index in [1.54, 1.807) is 23.0 Å². The smallest absolute Gasteiger partial charge is 0.287 e. The summed E-state index contributed by atoms with van der Waals surface area (Å²) in [5.41, 5.74) is 2.02. The summed E-state index contributed by atoms with van der Waals surface area (Å²) < 4.78 is 7.44. The van der Waals surface area contributed by atoms with Crippen LogP contribution in [0, 0.1) is 0 Å². The molecular formula is C20H21ClN4O2. The Morgan fingerprint density at radius 2 is 2.11 bits per heavy atom. The second-order valence-electron chi connectivity index (χ2n) is 6.80. The summed E-state index contributed by atoms with van der Waals surface area (Å²) in [6.45, 7) is 1.64. The number of rotatable bonds is 4. The molecule has 4 rings (SSSR count). The summed E-state index contributed by atoms with van der Waals surface area (Å²) in [5, 5.41) is 11.3. The van der Waals surface area contributed by atoms with Crippen LogP contribution in [0.4, 0.5) is 0 Å². The number of aromatic nitrogens is 2. The van der Waals surface area contributed by atoms with Crippen LogP contribution in [-0.2, 0) is 7.05 Å². The Morgan fingerprint density at radius 1 is 1.30 bits per heavy atom. The maximum Gasteiger partial charge on any atom is 0.287 e. The zero-order chi connectivity index (χ0) is 18.8. The Kier molecular flexibility index (Phi) is 5.01. The fourth-order valence-corrected chi connectivity index (χ4v) is 3.65. The minimum atomic E-state index is -0.210. The number of furan rings is 1. The zero-order valence-electron chi connectivity index (χ0n) is 15.0. The van der Waals surface area contributed by atoms with Gasteiger partial charge in [0, 0.05) is 36.8 Å². The summed E-state index contributed by atoms with van der Waals surface area (Å²) in [6.07, 6.45) is 4.51. The van der Waals surface area contributed by atoms with Gasteiger partial charge >= 0.3 is 0 Å². The number of piperidine rings is 1. The molecule has 1 aliphatic heterocycles. The molecule has 27 heavy (non-hydrogen) atoms. The van der Waals surface area contributed by atoms with Gasteiger partial charge in [0.25, 0.3) is 5.91 Å². The Labute approximate surface area is 162 Å². The average Bonchev–Trinajstić information content (AvgIpc) is 3.32. The summed E-state index contributed by atoms with van der Waals surface area (Å²) in [6, 6.07) is 11.3. The van der Waals surface area contributed by atoms with E-state index in [1.165, 1.54) is 5.56 Å². The van der Waals surface area contributed by atoms with Crippen molar-refractivity contribution in [3.8, 4) is 11.3 Å². The molecule has 7 heteroatoms. The normalized spacial score (nSPS) is 19.8. The highest BCUT2D eigenvalue weighted by Gasteiger charge is 2.28. The van der Waals surface area contributed by atoms with Crippen molar-refractivity contribution in [1.82, 2.24) is 20.4 Å². The SMILES string of the molecule is Cn1cc(-c2ccc(C(=O)N[C@@H]3CNCC[C@H]3c3ccc(Cl)cc3)o2)cn1. The molecule has 1 fully saturated rings. The lowest BCUT2D eigenvalue weighted by molar-refractivity contribution is 0.0897. The largest absolute Gasteiger partial charge is 0.451 e. The van der Waals surface area contributed by atoms with E-state index < -0.39 is 0 Å². The number of hydrogen-bond donors (Lipinski definition) is 2. The van der Waals surface area contributed by atoms with Gasteiger partial charge in [-0.1, -0.05) is 23.7 Å². The van der Waals surface area contributed by atoms with Gasteiger partial charge in [-0.15, -0.1) is 0 Å². The molecule has 140 valence electrons. The fourth-order valence-electron chi connectivity index (χ4n) is 3.52. The van der Waals surface area contributed by atoms with Crippen molar-refractivity contribution < 1.29 is 9.21 Å². The van der Waals surface area contributed by atoms with Crippen LogP contribution in [0.3, 0.4) is 0 Å². The molecule has 3 aromatic rings. The van der Waals surface area contributed by atoms with E-state index in [9.17, 15) is 4.79 Å². The molecule has 1 aromatic carbocycles. The number of nitrogens with one attached hydrogen (secondary N) is 2. The number of hydrogen-bond acceptors (Lipinski definition) is 4. The molecule has 0 aliphatic carbocycles. The van der Waals surface area contributed by atoms with Gasteiger partial charge in [0.1, 0.15) is 5.76 Å². The molecule has 2 N–H and O–H groups in total. The maximum absolute atomic E-state index is 12.7. The van der Waals surface area contributed by atoms with Crippen LogP contribution in [0.5, 0.6) is 0 Å². The van der Waals surface area contributed by atoms with E-state index >= 15 is 0 Å². The molecule has 3 heterocycles. The standard InChI is InChI=1S/C20H21ClN4O2/c1-25-12-14(10-23-25)18-6-7-19(27-18)20(26)24-17-11-22-9-8-16(17)13-2-4-15(21)5-3-13/h2-7,10,12,16-17,22H,8-9,11H2,1H3,(H,24,26)/t16-,17+/m0/s1. The van der Waals surface area contributed by atoms with Crippen LogP contribution < -0.4 is 10.6 Å². The topological polar surface area (TPSA) is 72.1 Å². The number of benzene rings is 1. The number of carbonyl (C=O) groups is 1. The van der Waals surface area contributed by atoms with Gasteiger partial charge in [-0.3, -0.25) is 9.48 Å². The van der Waals surface area contributed by atoms with Gasteiger partial charge in [-0.2, -0.15) is 5.10 Å². The first-order chi connectivity index (χ1) is 13.1. The van der Waals surface area contributed by atoms with Gasteiger partial charge in [0.05, 0.1) is 11.8 Å². The van der Waals surface area contributed by atoms with Gasteiger partial charge in [-0.25, -0.2) is 0 Å². The molecule has 1 aliphatic rings. The lowest BCUT2D eigenvalue weighted by atomic mass is 9.86. The third-order valence-electron chi connectivity index (χ3n) is 4.92. The third kappa shape index (κ3) is 3.91. The molecule has 1 amide bonds. The molecular weight excluding hydrogens is 364 g/mol. The highest BCUT2D eigenvalue weighted by molar-refractivity contribution is 6.30. The van der Waals surface area contributed by atoms with Gasteiger partial charge in [-0.05, 0) is 42.8 Å². The van der Waals surface area contributed by atoms with E-state index in [0.717, 1.165) is 25.1 Å². The van der Waals surface area contributed by atoms with E-state index in [-0.39, 0.29) is 17.9 Å². The number of halogens is 1. The fraction of sp³-hybridized carbons (Fsp3) is 0.300. The average molecular weight is 385 g/mol. The summed E-state index contributed by atoms with van der Waals surface area (Å²) in [4.78, 5) is 12.7. The molecule has 1 saturated heterocycles. The van der Waals surface area contributed by atoms with Crippen molar-refractivity contribution in [2.75, 3.05) is 13.1 Å². The minimum Gasteiger partial charge on any atom is -0.451 e. The lowest BCUT2D eigenvalue weighted by Gasteiger charge is -2.33. The molecule has 0 saturated carbocycles. The van der Waals surface area contributed by atoms with E-state index in [1.807, 2.05) is 37.5 Å². The number of amides is 1. The van der Waals surface area contributed by atoms with Crippen molar-refractivity contribution in [2.24, 2.45) is 7.05 Å². The first kappa shape index (κ1) is 17.8. The van der Waals surface area contributed by atoms with Crippen molar-refractivity contribution in [2.45, 2.75) is 18.4 Å². The Morgan fingerprint density at radius 3 is 2.85 bits per heavy atom. The third-order valence-corrected chi connectivity index (χ3v) is 5.17. The molecule has 0 spiro atoms. The Balaban J connectivity index is 1.49. The summed E-state index contributed by atoms with van der Waals surface area (Å²) in [7, 11) is 1.84. The molecule has 6 nitrogen and oxygen atoms in total. The van der Waals surface area contributed by atoms with Crippen molar-refractivity contribution in [3.05, 3.63) is 65.1 Å². The van der Waals surface area contributed by atoms with Crippen molar-refractivity contribution >= 4 is 17.5 Å². The first-order valence-corrected chi connectivity index (χ1v) is 9.34. The van der Waals surface area contributed by atoms with Crippen molar-refractivity contribution in [1.29, 1.82) is 0 Å². The van der Waals surface area contributed by atoms with Crippen LogP contribution >= 0.6 is 11.6 Å². The number of aryl methyl sites for hydroxylation is 1. The molecule has 0 radical (unpaired) electrons. The number of carbonyl (C=O) groups excluding carboxylic acids is 1. The zero-order valence-corrected chi connectivity index (χ0v) is 15.7. The molecule has 2 atom stereocenters. The minimum absolute atomic E-state index is 0.0145. The van der Waals surface area contributed by atoms with Gasteiger partial charge in [0.15, 0.2) is 5.76 Å². The highest BCUT2D eigenvalue weighted by atomic mass is 35.5. The Hall–Kier alpha value is -2.57. The van der Waals surface area contributed by atoms with Gasteiger partial charge in [0.2, 0.25) is 0 Å². The predicted molar refractivity (Wildman–Crippen MR) is 104 cm³/mol. The lowest BCUT2D eigenvalue weighted by Crippen LogP contribution is -2.49. The molecule has 0 unspecified atom stereocenters. The number of nitrogens with zero attached hydrogens (tertiary/aromatic N) is 2. The van der Waals surface area contributed by atoms with Crippen LogP contribution in [0.2, 0.25) is 5.02 Å². The van der Waals surface area contributed by atoms with Crippen molar-refractivity contribution in [3.63, 3.8) is 0 Å². The Bertz CT molecular complexity index is 932. The quantitative estimate of drug-likeness (QED) is 0.724. The molecule has 2 aromatic heterocycles. The second kappa shape index (κ2) is 7.58. The van der Waals surface area contributed by atoms with Crippen LogP contribution in [-0.4, -0.2) is 34.8 Å². The first-order valence-electron chi connectivity index (χ1n) is 8.96. The van der Waals surface area contributed by atoms with E-state index in [2.05, 4.69) is 15.7 Å². The van der Waals surface area contributed by atoms with Crippen LogP contribution in [0.15, 0.2) is 53.2 Å². The van der Waals surface area contributed by atoms with Crippen LogP contribution in [0.25, 0.3) is 11.3 Å². The summed E-state index contributed by atoms with van der Waals surface area (Å²) >= 11 is 6.01. The predicted octanol–water partition coefficient (Wildman–Crippen LogP) is 3.21. The van der Waals surface area contributed by atoms with E-state index in [4.69, 9.17) is 16.0 Å². The van der Waals surface area contributed by atoms with Crippen LogP contribution in [0.1, 0.15) is 28.5 Å². The van der Waals surface area contributed by atoms with E-state index in [0.29, 0.717) is 16.5 Å². The van der Waals surface area contributed by atoms with Gasteiger partial charge < -0.3 is 15.1 Å². The highest BCUT2D eigenvalue weighted by Crippen LogP contribution is 2.27. The summed E-state index contributed by atoms with van der Waals surface area (Å²) in [5.74, 6) is 0.955. The second-order valence-corrected chi connectivity index (χ2v) is 7.23.